The maximum atomic E-state index is 13.5. The third-order valence-electron chi connectivity index (χ3n) is 4.97. The Balaban J connectivity index is 1.85. The van der Waals surface area contributed by atoms with Gasteiger partial charge < -0.3 is 15.2 Å². The van der Waals surface area contributed by atoms with Crippen LogP contribution in [0.25, 0.3) is 0 Å². The first-order valence-electron chi connectivity index (χ1n) is 10.1. The number of imide groups is 1. The summed E-state index contributed by atoms with van der Waals surface area (Å²) < 4.78 is 11.3. The molecule has 3 aromatic carbocycles. The first kappa shape index (κ1) is 21.1. The van der Waals surface area contributed by atoms with Crippen LogP contribution in [0.3, 0.4) is 0 Å². The van der Waals surface area contributed by atoms with E-state index in [4.69, 9.17) is 15.2 Å². The molecule has 1 aliphatic heterocycles. The molecule has 0 aliphatic carbocycles. The summed E-state index contributed by atoms with van der Waals surface area (Å²) >= 11 is 0. The van der Waals surface area contributed by atoms with E-state index in [9.17, 15) is 14.4 Å². The fourth-order valence-corrected chi connectivity index (χ4v) is 3.61. The van der Waals surface area contributed by atoms with Crippen LogP contribution in [0.4, 0.5) is 11.4 Å². The Kier molecular flexibility index (Phi) is 5.64. The van der Waals surface area contributed by atoms with E-state index in [1.165, 1.54) is 18.2 Å². The predicted octanol–water partition coefficient (Wildman–Crippen LogP) is 3.70. The van der Waals surface area contributed by atoms with Crippen molar-refractivity contribution >= 4 is 29.0 Å². The Hall–Kier alpha value is -4.13. The number of benzene rings is 3. The van der Waals surface area contributed by atoms with Crippen LogP contribution in [-0.4, -0.2) is 30.8 Å². The van der Waals surface area contributed by atoms with E-state index in [1.807, 2.05) is 0 Å². The van der Waals surface area contributed by atoms with Gasteiger partial charge in [0.05, 0.1) is 46.8 Å². The van der Waals surface area contributed by atoms with Gasteiger partial charge in [-0.1, -0.05) is 24.3 Å². The van der Waals surface area contributed by atoms with Crippen LogP contribution in [0.5, 0.6) is 11.5 Å². The number of rotatable bonds is 7. The highest BCUT2D eigenvalue weighted by Gasteiger charge is 2.38. The highest BCUT2D eigenvalue weighted by atomic mass is 16.5. The molecule has 0 spiro atoms. The minimum Gasteiger partial charge on any atom is -0.491 e. The second-order valence-corrected chi connectivity index (χ2v) is 6.89. The summed E-state index contributed by atoms with van der Waals surface area (Å²) in [5.74, 6) is -1.18. The Morgan fingerprint density at radius 3 is 2.00 bits per heavy atom. The molecule has 1 heterocycles. The van der Waals surface area contributed by atoms with Crippen molar-refractivity contribution in [3.63, 3.8) is 0 Å². The largest absolute Gasteiger partial charge is 0.491 e. The van der Waals surface area contributed by atoms with E-state index in [0.29, 0.717) is 23.4 Å². The number of carbonyl (C=O) groups excluding carboxylic acids is 3. The number of ketones is 1. The van der Waals surface area contributed by atoms with E-state index in [2.05, 4.69) is 12.1 Å². The van der Waals surface area contributed by atoms with Crippen molar-refractivity contribution in [2.24, 2.45) is 0 Å². The van der Waals surface area contributed by atoms with Crippen LogP contribution in [0, 0.1) is 12.1 Å². The van der Waals surface area contributed by atoms with E-state index in [0.717, 1.165) is 4.90 Å². The minimum atomic E-state index is -0.498. The summed E-state index contributed by atoms with van der Waals surface area (Å²) in [5, 5.41) is 0. The number of amides is 2. The van der Waals surface area contributed by atoms with Crippen molar-refractivity contribution in [3.8, 4) is 11.5 Å². The zero-order valence-corrected chi connectivity index (χ0v) is 17.6. The fraction of sp³-hybridized carbons (Fsp3) is 0.160. The molecule has 0 saturated carbocycles. The van der Waals surface area contributed by atoms with Crippen molar-refractivity contribution in [3.05, 3.63) is 82.9 Å². The number of anilines is 2. The highest BCUT2D eigenvalue weighted by molar-refractivity contribution is 6.35. The molecule has 7 nitrogen and oxygen atoms in total. The summed E-state index contributed by atoms with van der Waals surface area (Å²) in [5.41, 5.74) is 7.21. The highest BCUT2D eigenvalue weighted by Crippen LogP contribution is 2.39. The lowest BCUT2D eigenvalue weighted by Crippen LogP contribution is -2.30. The van der Waals surface area contributed by atoms with Crippen molar-refractivity contribution in [2.45, 2.75) is 13.8 Å². The Morgan fingerprint density at radius 1 is 0.875 bits per heavy atom. The molecule has 4 rings (SSSR count). The number of nitrogens with two attached hydrogens (primary N) is 1. The maximum Gasteiger partial charge on any atom is 0.266 e. The van der Waals surface area contributed by atoms with Gasteiger partial charge in [-0.3, -0.25) is 14.4 Å². The minimum absolute atomic E-state index is 0.0451. The zero-order valence-electron chi connectivity index (χ0n) is 17.6. The summed E-state index contributed by atoms with van der Waals surface area (Å²) in [6.45, 7) is 4.03. The molecular formula is C25H20N2O5. The van der Waals surface area contributed by atoms with Crippen LogP contribution in [0.2, 0.25) is 0 Å². The summed E-state index contributed by atoms with van der Waals surface area (Å²) in [4.78, 5) is 40.5. The predicted molar refractivity (Wildman–Crippen MR) is 118 cm³/mol. The van der Waals surface area contributed by atoms with E-state index >= 15 is 0 Å². The molecule has 0 aromatic heterocycles. The second-order valence-electron chi connectivity index (χ2n) is 6.89. The Bertz CT molecular complexity index is 1200. The van der Waals surface area contributed by atoms with E-state index in [-0.39, 0.29) is 34.9 Å². The lowest BCUT2D eigenvalue weighted by atomic mass is 9.99. The van der Waals surface area contributed by atoms with Crippen molar-refractivity contribution in [1.82, 2.24) is 0 Å². The normalized spacial score (nSPS) is 12.6. The molecule has 3 aromatic rings. The van der Waals surface area contributed by atoms with Crippen LogP contribution < -0.4 is 20.1 Å². The smallest absolute Gasteiger partial charge is 0.266 e. The van der Waals surface area contributed by atoms with Gasteiger partial charge in [0.2, 0.25) is 5.78 Å². The maximum absolute atomic E-state index is 13.5. The van der Waals surface area contributed by atoms with Gasteiger partial charge in [0.15, 0.2) is 11.5 Å². The molecular weight excluding hydrogens is 408 g/mol. The molecule has 2 N–H and O–H groups in total. The van der Waals surface area contributed by atoms with Gasteiger partial charge >= 0.3 is 0 Å². The van der Waals surface area contributed by atoms with E-state index in [1.54, 1.807) is 44.2 Å². The monoisotopic (exact) mass is 428 g/mol. The second kappa shape index (κ2) is 8.55. The third kappa shape index (κ3) is 3.37. The van der Waals surface area contributed by atoms with Gasteiger partial charge in [0.1, 0.15) is 0 Å². The fourth-order valence-electron chi connectivity index (χ4n) is 3.61. The van der Waals surface area contributed by atoms with Crippen LogP contribution >= 0.6 is 0 Å². The molecule has 160 valence electrons. The lowest BCUT2D eigenvalue weighted by molar-refractivity contribution is 0.0922. The third-order valence-corrected chi connectivity index (χ3v) is 4.97. The van der Waals surface area contributed by atoms with Crippen LogP contribution in [-0.2, 0) is 0 Å². The van der Waals surface area contributed by atoms with Gasteiger partial charge in [-0.15, -0.1) is 0 Å². The van der Waals surface area contributed by atoms with Crippen molar-refractivity contribution < 1.29 is 23.9 Å². The number of nitrogens with zero attached hydrogens (tertiary/aromatic N) is 1. The van der Waals surface area contributed by atoms with Crippen LogP contribution in [0.1, 0.15) is 50.5 Å². The molecule has 0 fully saturated rings. The SMILES string of the molecule is CCOc1c(C(=O)c2[c]ccc(N3C(=O)c4ccccc4C3=O)c2OCC)[c]ccc1N. The average Bonchev–Trinajstić information content (AvgIpc) is 3.05. The quantitative estimate of drug-likeness (QED) is 0.350. The zero-order chi connectivity index (χ0) is 22.8. The van der Waals surface area contributed by atoms with Crippen molar-refractivity contribution in [1.29, 1.82) is 0 Å². The number of ether oxygens (including phenoxy) is 2. The summed E-state index contributed by atoms with van der Waals surface area (Å²) in [6.07, 6.45) is 0. The molecule has 2 radical (unpaired) electrons. The van der Waals surface area contributed by atoms with Gasteiger partial charge in [-0.2, -0.15) is 0 Å². The van der Waals surface area contributed by atoms with Gasteiger partial charge in [0, 0.05) is 0 Å². The number of nitrogen functional groups attached to an aromatic ring is 1. The van der Waals surface area contributed by atoms with E-state index < -0.39 is 17.6 Å². The standard InChI is InChI=1S/C25H20N2O5/c1-3-31-22-17(11-7-13-19(22)26)21(28)18-12-8-14-20(23(18)32-4-2)27-24(29)15-9-5-6-10-16(15)25(27)30/h5-10,13-14H,3-4,26H2,1-2H3. The molecule has 7 heteroatoms. The van der Waals surface area contributed by atoms with Gasteiger partial charge in [0.25, 0.3) is 11.8 Å². The molecule has 0 atom stereocenters. The van der Waals surface area contributed by atoms with Crippen LogP contribution in [0.15, 0.2) is 48.5 Å². The Morgan fingerprint density at radius 2 is 1.41 bits per heavy atom. The number of hydrogen-bond donors (Lipinski definition) is 1. The van der Waals surface area contributed by atoms with Crippen molar-refractivity contribution in [2.75, 3.05) is 23.8 Å². The lowest BCUT2D eigenvalue weighted by Gasteiger charge is -2.20. The first-order valence-corrected chi connectivity index (χ1v) is 10.1. The molecule has 0 unspecified atom stereocenters. The number of carbonyl (C=O) groups is 3. The molecule has 2 amide bonds. The van der Waals surface area contributed by atoms with Gasteiger partial charge in [-0.25, -0.2) is 4.90 Å². The molecule has 0 bridgehead atoms. The molecule has 32 heavy (non-hydrogen) atoms. The van der Waals surface area contributed by atoms with Gasteiger partial charge in [-0.05, 0) is 50.2 Å². The molecule has 0 saturated heterocycles. The topological polar surface area (TPSA) is 98.9 Å². The average molecular weight is 428 g/mol. The Labute approximate surface area is 185 Å². The summed E-state index contributed by atoms with van der Waals surface area (Å²) in [7, 11) is 0. The first-order chi connectivity index (χ1) is 15.5. The summed E-state index contributed by atoms with van der Waals surface area (Å²) in [6, 6.07) is 18.4. The molecule has 1 aliphatic rings. The number of hydrogen-bond acceptors (Lipinski definition) is 6. The number of fused-ring (bicyclic) bond motifs is 1.